The molecule has 0 saturated carbocycles. The van der Waals surface area contributed by atoms with Crippen molar-refractivity contribution in [2.24, 2.45) is 0 Å². The van der Waals surface area contributed by atoms with E-state index in [1.807, 2.05) is 44.2 Å². The Kier molecular flexibility index (Phi) is 5.77. The van der Waals surface area contributed by atoms with Crippen LogP contribution in [0.4, 0.5) is 5.00 Å². The van der Waals surface area contributed by atoms with Gasteiger partial charge in [-0.15, -0.1) is 11.3 Å². The molecule has 0 fully saturated rings. The standard InChI is InChI=1S/C24H21N3O3S/c1-4-16-11-19(24(29)30-3)23(31-16)27-22(28)18-12-21(15-6-5-9-25-13-15)26-20-8-7-14(2)10-17(18)20/h5-13H,4H2,1-3H3,(H,27,28). The Bertz CT molecular complexity index is 1280. The normalized spacial score (nSPS) is 10.8. The Morgan fingerprint density at radius 1 is 1.13 bits per heavy atom. The molecule has 0 aliphatic carbocycles. The number of nitrogens with zero attached hydrogens (tertiary/aromatic N) is 2. The van der Waals surface area contributed by atoms with Crippen molar-refractivity contribution in [3.63, 3.8) is 0 Å². The molecule has 0 bridgehead atoms. The second kappa shape index (κ2) is 8.65. The summed E-state index contributed by atoms with van der Waals surface area (Å²) in [5.74, 6) is -0.782. The SMILES string of the molecule is CCc1cc(C(=O)OC)c(NC(=O)c2cc(-c3cccnc3)nc3ccc(C)cc23)s1. The molecule has 0 aliphatic rings. The Balaban J connectivity index is 1.82. The number of carbonyl (C=O) groups is 2. The zero-order chi connectivity index (χ0) is 22.0. The van der Waals surface area contributed by atoms with Crippen molar-refractivity contribution >= 4 is 39.1 Å². The Morgan fingerprint density at radius 3 is 2.68 bits per heavy atom. The van der Waals surface area contributed by atoms with Gasteiger partial charge in [-0.1, -0.05) is 18.6 Å². The number of aryl methyl sites for hydroxylation is 2. The number of aromatic nitrogens is 2. The molecular formula is C24H21N3O3S. The van der Waals surface area contributed by atoms with Gasteiger partial charge in [-0.2, -0.15) is 0 Å². The highest BCUT2D eigenvalue weighted by atomic mass is 32.1. The van der Waals surface area contributed by atoms with Crippen molar-refractivity contribution in [2.45, 2.75) is 20.3 Å². The van der Waals surface area contributed by atoms with Crippen molar-refractivity contribution < 1.29 is 14.3 Å². The molecule has 4 aromatic rings. The number of anilines is 1. The van der Waals surface area contributed by atoms with Gasteiger partial charge in [-0.3, -0.25) is 9.78 Å². The Labute approximate surface area is 183 Å². The van der Waals surface area contributed by atoms with Gasteiger partial charge in [0.2, 0.25) is 0 Å². The van der Waals surface area contributed by atoms with Gasteiger partial charge in [0.05, 0.1) is 29.4 Å². The predicted molar refractivity (Wildman–Crippen MR) is 123 cm³/mol. The fraction of sp³-hybridized carbons (Fsp3) is 0.167. The van der Waals surface area contributed by atoms with E-state index in [0.29, 0.717) is 27.3 Å². The molecule has 1 amide bonds. The minimum absolute atomic E-state index is 0.308. The highest BCUT2D eigenvalue weighted by molar-refractivity contribution is 7.16. The van der Waals surface area contributed by atoms with Gasteiger partial charge in [0.1, 0.15) is 5.00 Å². The van der Waals surface area contributed by atoms with Gasteiger partial charge in [-0.25, -0.2) is 9.78 Å². The second-order valence-corrected chi connectivity index (χ2v) is 8.21. The van der Waals surface area contributed by atoms with E-state index < -0.39 is 5.97 Å². The maximum Gasteiger partial charge on any atom is 0.340 e. The van der Waals surface area contributed by atoms with Crippen LogP contribution in [0.2, 0.25) is 0 Å². The van der Waals surface area contributed by atoms with Crippen LogP contribution in [0.5, 0.6) is 0 Å². The number of methoxy groups -OCH3 is 1. The van der Waals surface area contributed by atoms with E-state index in [9.17, 15) is 9.59 Å². The summed E-state index contributed by atoms with van der Waals surface area (Å²) in [5, 5.41) is 4.15. The van der Waals surface area contributed by atoms with Crippen LogP contribution >= 0.6 is 11.3 Å². The van der Waals surface area contributed by atoms with Crippen LogP contribution in [0.25, 0.3) is 22.2 Å². The lowest BCUT2D eigenvalue weighted by Crippen LogP contribution is -2.14. The number of rotatable bonds is 5. The molecule has 0 atom stereocenters. The number of nitrogens with one attached hydrogen (secondary N) is 1. The quantitative estimate of drug-likeness (QED) is 0.436. The average molecular weight is 432 g/mol. The van der Waals surface area contributed by atoms with Gasteiger partial charge in [-0.05, 0) is 49.7 Å². The van der Waals surface area contributed by atoms with Crippen LogP contribution in [0.15, 0.2) is 54.9 Å². The van der Waals surface area contributed by atoms with E-state index in [0.717, 1.165) is 27.8 Å². The topological polar surface area (TPSA) is 81.2 Å². The Hall–Kier alpha value is -3.58. The molecule has 4 rings (SSSR count). The van der Waals surface area contributed by atoms with Gasteiger partial charge >= 0.3 is 5.97 Å². The molecule has 1 N–H and O–H groups in total. The summed E-state index contributed by atoms with van der Waals surface area (Å²) in [6.07, 6.45) is 4.16. The summed E-state index contributed by atoms with van der Waals surface area (Å²) < 4.78 is 4.88. The summed E-state index contributed by atoms with van der Waals surface area (Å²) in [6.45, 7) is 3.97. The first-order valence-corrected chi connectivity index (χ1v) is 10.7. The molecule has 156 valence electrons. The summed E-state index contributed by atoms with van der Waals surface area (Å²) >= 11 is 1.38. The van der Waals surface area contributed by atoms with Crippen LogP contribution < -0.4 is 5.32 Å². The molecule has 31 heavy (non-hydrogen) atoms. The number of fused-ring (bicyclic) bond motifs is 1. The number of thiophene rings is 1. The minimum Gasteiger partial charge on any atom is -0.465 e. The third-order valence-corrected chi connectivity index (χ3v) is 6.12. The van der Waals surface area contributed by atoms with Gasteiger partial charge in [0, 0.05) is 28.2 Å². The molecule has 3 heterocycles. The summed E-state index contributed by atoms with van der Waals surface area (Å²) in [5.41, 5.74) is 4.05. The average Bonchev–Trinajstić information content (AvgIpc) is 3.21. The molecule has 1 aromatic carbocycles. The maximum absolute atomic E-state index is 13.4. The van der Waals surface area contributed by atoms with E-state index in [4.69, 9.17) is 9.72 Å². The Morgan fingerprint density at radius 2 is 1.97 bits per heavy atom. The monoisotopic (exact) mass is 431 g/mol. The molecule has 0 saturated heterocycles. The first-order valence-electron chi connectivity index (χ1n) is 9.84. The molecule has 7 heteroatoms. The number of benzene rings is 1. The zero-order valence-corrected chi connectivity index (χ0v) is 18.2. The molecule has 0 unspecified atom stereocenters. The van der Waals surface area contributed by atoms with Crippen LogP contribution in [0.3, 0.4) is 0 Å². The number of ether oxygens (including phenoxy) is 1. The lowest BCUT2D eigenvalue weighted by atomic mass is 10.0. The number of hydrogen-bond donors (Lipinski definition) is 1. The second-order valence-electron chi connectivity index (χ2n) is 7.07. The largest absolute Gasteiger partial charge is 0.465 e. The number of amides is 1. The van der Waals surface area contributed by atoms with Gasteiger partial charge < -0.3 is 10.1 Å². The summed E-state index contributed by atoms with van der Waals surface area (Å²) in [4.78, 5) is 35.4. The third kappa shape index (κ3) is 4.18. The first kappa shape index (κ1) is 20.7. The van der Waals surface area contributed by atoms with Crippen molar-refractivity contribution in [1.82, 2.24) is 9.97 Å². The number of pyridine rings is 2. The molecular weight excluding hydrogens is 410 g/mol. The summed E-state index contributed by atoms with van der Waals surface area (Å²) in [6, 6.07) is 13.1. The van der Waals surface area contributed by atoms with Gasteiger partial charge in [0.25, 0.3) is 5.91 Å². The number of esters is 1. The van der Waals surface area contributed by atoms with Crippen molar-refractivity contribution in [3.05, 3.63) is 76.4 Å². The summed E-state index contributed by atoms with van der Waals surface area (Å²) in [7, 11) is 1.33. The van der Waals surface area contributed by atoms with E-state index in [1.54, 1.807) is 24.5 Å². The zero-order valence-electron chi connectivity index (χ0n) is 17.4. The number of hydrogen-bond acceptors (Lipinski definition) is 6. The lowest BCUT2D eigenvalue weighted by molar-refractivity contribution is 0.0602. The van der Waals surface area contributed by atoms with Crippen molar-refractivity contribution in [1.29, 1.82) is 0 Å². The highest BCUT2D eigenvalue weighted by Gasteiger charge is 2.21. The van der Waals surface area contributed by atoms with E-state index in [2.05, 4.69) is 10.3 Å². The van der Waals surface area contributed by atoms with E-state index in [-0.39, 0.29) is 5.91 Å². The van der Waals surface area contributed by atoms with Crippen LogP contribution in [-0.4, -0.2) is 29.0 Å². The third-order valence-electron chi connectivity index (χ3n) is 4.93. The predicted octanol–water partition coefficient (Wildman–Crippen LogP) is 5.27. The molecule has 0 aliphatic heterocycles. The van der Waals surface area contributed by atoms with Crippen LogP contribution in [0, 0.1) is 6.92 Å². The van der Waals surface area contributed by atoms with Crippen molar-refractivity contribution in [3.8, 4) is 11.3 Å². The fourth-order valence-electron chi connectivity index (χ4n) is 3.33. The van der Waals surface area contributed by atoms with Crippen LogP contribution in [-0.2, 0) is 11.2 Å². The molecule has 0 radical (unpaired) electrons. The lowest BCUT2D eigenvalue weighted by Gasteiger charge is -2.11. The van der Waals surface area contributed by atoms with E-state index >= 15 is 0 Å². The molecule has 0 spiro atoms. The first-order chi connectivity index (χ1) is 15.0. The molecule has 6 nitrogen and oxygen atoms in total. The smallest absolute Gasteiger partial charge is 0.340 e. The van der Waals surface area contributed by atoms with Crippen LogP contribution in [0.1, 0.15) is 38.1 Å². The van der Waals surface area contributed by atoms with E-state index in [1.165, 1.54) is 18.4 Å². The van der Waals surface area contributed by atoms with Gasteiger partial charge in [0.15, 0.2) is 0 Å². The minimum atomic E-state index is -0.474. The number of carbonyl (C=O) groups excluding carboxylic acids is 2. The van der Waals surface area contributed by atoms with Crippen molar-refractivity contribution in [2.75, 3.05) is 12.4 Å². The highest BCUT2D eigenvalue weighted by Crippen LogP contribution is 2.31. The fourth-order valence-corrected chi connectivity index (χ4v) is 4.31. The maximum atomic E-state index is 13.4. The molecule has 3 aromatic heterocycles.